The van der Waals surface area contributed by atoms with Gasteiger partial charge in [-0.05, 0) is 56.5 Å². The van der Waals surface area contributed by atoms with Crippen LogP contribution in [-0.2, 0) is 9.84 Å². The van der Waals surface area contributed by atoms with Crippen molar-refractivity contribution < 1.29 is 13.2 Å². The molecule has 0 aliphatic carbocycles. The van der Waals surface area contributed by atoms with Crippen LogP contribution in [0.4, 0.5) is 5.69 Å². The number of carbonyl (C=O) groups is 1. The number of hydrogen-bond acceptors (Lipinski definition) is 7. The summed E-state index contributed by atoms with van der Waals surface area (Å²) in [5.41, 5.74) is 2.46. The van der Waals surface area contributed by atoms with Gasteiger partial charge in [0.1, 0.15) is 0 Å². The van der Waals surface area contributed by atoms with Crippen LogP contribution in [-0.4, -0.2) is 73.4 Å². The Hall–Kier alpha value is -1.58. The Morgan fingerprint density at radius 1 is 1.27 bits per heavy atom. The molecule has 0 spiro atoms. The van der Waals surface area contributed by atoms with Gasteiger partial charge in [-0.2, -0.15) is 0 Å². The Balaban J connectivity index is 1.32. The van der Waals surface area contributed by atoms with Crippen molar-refractivity contribution in [2.24, 2.45) is 10.9 Å². The van der Waals surface area contributed by atoms with Crippen LogP contribution in [0, 0.1) is 12.8 Å². The second-order valence-corrected chi connectivity index (χ2v) is 12.1. The van der Waals surface area contributed by atoms with E-state index < -0.39 is 9.84 Å². The maximum Gasteiger partial charge on any atom is 0.251 e. The van der Waals surface area contributed by atoms with E-state index in [9.17, 15) is 13.2 Å². The summed E-state index contributed by atoms with van der Waals surface area (Å²) >= 11 is 1.48. The SMILES string of the molecule is Cc1ccc(C(=O)NCCN2CCC(C)CC2)cc1NC1=NC2CS(=O)(=O)CC2S1. The molecule has 2 unspecified atom stereocenters. The van der Waals surface area contributed by atoms with E-state index in [1.807, 2.05) is 25.1 Å². The topological polar surface area (TPSA) is 90.9 Å². The lowest BCUT2D eigenvalue weighted by Crippen LogP contribution is -2.39. The van der Waals surface area contributed by atoms with E-state index in [1.165, 1.54) is 24.6 Å². The normalized spacial score (nSPS) is 26.3. The van der Waals surface area contributed by atoms with Gasteiger partial charge < -0.3 is 15.5 Å². The van der Waals surface area contributed by atoms with Crippen molar-refractivity contribution in [3.63, 3.8) is 0 Å². The standard InChI is InChI=1S/C21H30N4O3S2/c1-14-5-8-25(9-6-14)10-7-22-20(26)16-4-3-15(2)17(11-16)23-21-24-18-12-30(27,28)13-19(18)29-21/h3-4,11,14,18-19H,5-10,12-13H2,1-2H3,(H,22,26)(H,23,24). The van der Waals surface area contributed by atoms with Crippen LogP contribution in [0.5, 0.6) is 0 Å². The van der Waals surface area contributed by atoms with Gasteiger partial charge in [0.2, 0.25) is 0 Å². The van der Waals surface area contributed by atoms with Gasteiger partial charge >= 0.3 is 0 Å². The molecule has 3 heterocycles. The molecule has 2 N–H and O–H groups in total. The van der Waals surface area contributed by atoms with Gasteiger partial charge in [0.25, 0.3) is 5.91 Å². The van der Waals surface area contributed by atoms with E-state index in [1.54, 1.807) is 0 Å². The predicted octanol–water partition coefficient (Wildman–Crippen LogP) is 2.14. The molecule has 3 aliphatic heterocycles. The van der Waals surface area contributed by atoms with Crippen LogP contribution in [0.1, 0.15) is 35.7 Å². The third-order valence-corrected chi connectivity index (χ3v) is 9.29. The lowest BCUT2D eigenvalue weighted by molar-refractivity contribution is 0.0944. The Labute approximate surface area is 183 Å². The largest absolute Gasteiger partial charge is 0.351 e. The number of likely N-dealkylation sites (tertiary alicyclic amines) is 1. The van der Waals surface area contributed by atoms with Gasteiger partial charge in [0.15, 0.2) is 15.0 Å². The molecular weight excluding hydrogens is 420 g/mol. The van der Waals surface area contributed by atoms with E-state index in [0.29, 0.717) is 12.1 Å². The average molecular weight is 451 g/mol. The van der Waals surface area contributed by atoms with Crippen LogP contribution < -0.4 is 10.6 Å². The fourth-order valence-corrected chi connectivity index (χ4v) is 7.81. The van der Waals surface area contributed by atoms with Crippen LogP contribution in [0.25, 0.3) is 0 Å². The molecule has 1 aromatic rings. The van der Waals surface area contributed by atoms with E-state index in [0.717, 1.165) is 42.0 Å². The molecule has 4 rings (SSSR count). The number of nitrogens with zero attached hydrogens (tertiary/aromatic N) is 2. The van der Waals surface area contributed by atoms with E-state index in [-0.39, 0.29) is 28.7 Å². The molecule has 2 fully saturated rings. The third-order valence-electron chi connectivity index (χ3n) is 6.15. The first-order chi connectivity index (χ1) is 14.3. The van der Waals surface area contributed by atoms with Crippen LogP contribution in [0.3, 0.4) is 0 Å². The molecule has 2 atom stereocenters. The summed E-state index contributed by atoms with van der Waals surface area (Å²) in [6.45, 7) is 8.02. The second-order valence-electron chi connectivity index (χ2n) is 8.67. The van der Waals surface area contributed by atoms with Crippen LogP contribution >= 0.6 is 11.8 Å². The lowest BCUT2D eigenvalue weighted by atomic mass is 9.99. The molecule has 1 aromatic carbocycles. The molecule has 0 aromatic heterocycles. The fourth-order valence-electron chi connectivity index (χ4n) is 4.14. The molecule has 0 bridgehead atoms. The smallest absolute Gasteiger partial charge is 0.251 e. The number of sulfone groups is 1. The van der Waals surface area contributed by atoms with Crippen molar-refractivity contribution in [3.05, 3.63) is 29.3 Å². The monoisotopic (exact) mass is 450 g/mol. The number of rotatable bonds is 5. The van der Waals surface area contributed by atoms with Gasteiger partial charge in [0, 0.05) is 29.6 Å². The molecule has 1 amide bonds. The zero-order chi connectivity index (χ0) is 21.3. The minimum absolute atomic E-state index is 0.00191. The molecule has 0 saturated carbocycles. The first-order valence-corrected chi connectivity index (χ1v) is 13.3. The highest BCUT2D eigenvalue weighted by molar-refractivity contribution is 8.15. The Bertz CT molecular complexity index is 940. The first kappa shape index (κ1) is 21.6. The van der Waals surface area contributed by atoms with Crippen molar-refractivity contribution in [1.82, 2.24) is 10.2 Å². The molecule has 0 radical (unpaired) electrons. The summed E-state index contributed by atoms with van der Waals surface area (Å²) in [5.74, 6) is 1.05. The number of nitrogens with one attached hydrogen (secondary N) is 2. The average Bonchev–Trinajstić information content (AvgIpc) is 3.17. The highest BCUT2D eigenvalue weighted by Crippen LogP contribution is 2.35. The summed E-state index contributed by atoms with van der Waals surface area (Å²) in [4.78, 5) is 19.6. The van der Waals surface area contributed by atoms with Gasteiger partial charge in [0.05, 0.1) is 17.5 Å². The van der Waals surface area contributed by atoms with Crippen LogP contribution in [0.2, 0.25) is 0 Å². The van der Waals surface area contributed by atoms with Crippen molar-refractivity contribution in [3.8, 4) is 0 Å². The van der Waals surface area contributed by atoms with Gasteiger partial charge in [-0.25, -0.2) is 8.42 Å². The van der Waals surface area contributed by atoms with Gasteiger partial charge in [-0.3, -0.25) is 9.79 Å². The number of hydrogen-bond donors (Lipinski definition) is 2. The second kappa shape index (κ2) is 8.88. The summed E-state index contributed by atoms with van der Waals surface area (Å²) in [5, 5.41) is 7.07. The van der Waals surface area contributed by atoms with Crippen molar-refractivity contribution in [1.29, 1.82) is 0 Å². The molecule has 30 heavy (non-hydrogen) atoms. The quantitative estimate of drug-likeness (QED) is 0.714. The molecule has 2 saturated heterocycles. The number of amides is 1. The minimum Gasteiger partial charge on any atom is -0.351 e. The Kier molecular flexibility index (Phi) is 6.41. The summed E-state index contributed by atoms with van der Waals surface area (Å²) in [6.07, 6.45) is 2.47. The van der Waals surface area contributed by atoms with Crippen molar-refractivity contribution >= 4 is 38.4 Å². The maximum absolute atomic E-state index is 12.6. The number of fused-ring (bicyclic) bond motifs is 1. The minimum atomic E-state index is -2.96. The highest BCUT2D eigenvalue weighted by atomic mass is 32.2. The number of amidine groups is 1. The number of benzene rings is 1. The zero-order valence-electron chi connectivity index (χ0n) is 17.6. The third kappa shape index (κ3) is 5.18. The molecule has 3 aliphatic rings. The summed E-state index contributed by atoms with van der Waals surface area (Å²) < 4.78 is 23.5. The Morgan fingerprint density at radius 3 is 2.77 bits per heavy atom. The van der Waals surface area contributed by atoms with Crippen molar-refractivity contribution in [2.75, 3.05) is 43.0 Å². The van der Waals surface area contributed by atoms with E-state index >= 15 is 0 Å². The van der Waals surface area contributed by atoms with Crippen molar-refractivity contribution in [2.45, 2.75) is 38.0 Å². The van der Waals surface area contributed by atoms with Gasteiger partial charge in [-0.15, -0.1) is 0 Å². The first-order valence-electron chi connectivity index (χ1n) is 10.6. The highest BCUT2D eigenvalue weighted by Gasteiger charge is 2.42. The molecule has 7 nitrogen and oxygen atoms in total. The number of carbonyl (C=O) groups excluding carboxylic acids is 1. The molecular formula is C21H30N4O3S2. The number of aliphatic imine (C=N–C) groups is 1. The fraction of sp³-hybridized carbons (Fsp3) is 0.619. The lowest BCUT2D eigenvalue weighted by Gasteiger charge is -2.30. The number of anilines is 1. The molecule has 164 valence electrons. The van der Waals surface area contributed by atoms with E-state index in [4.69, 9.17) is 0 Å². The number of aryl methyl sites for hydroxylation is 1. The predicted molar refractivity (Wildman–Crippen MR) is 123 cm³/mol. The van der Waals surface area contributed by atoms with Crippen LogP contribution in [0.15, 0.2) is 23.2 Å². The summed E-state index contributed by atoms with van der Waals surface area (Å²) in [7, 11) is -2.96. The van der Waals surface area contributed by atoms with Gasteiger partial charge in [-0.1, -0.05) is 24.8 Å². The number of thioether (sulfide) groups is 1. The summed E-state index contributed by atoms with van der Waals surface area (Å²) in [6, 6.07) is 5.45. The number of piperidine rings is 1. The maximum atomic E-state index is 12.6. The zero-order valence-corrected chi connectivity index (χ0v) is 19.2. The Morgan fingerprint density at radius 2 is 2.03 bits per heavy atom. The van der Waals surface area contributed by atoms with E-state index in [2.05, 4.69) is 27.4 Å². The molecule has 9 heteroatoms.